The summed E-state index contributed by atoms with van der Waals surface area (Å²) in [4.78, 5) is 38.3. The highest BCUT2D eigenvalue weighted by Crippen LogP contribution is 2.23. The molecule has 1 unspecified atom stereocenters. The molecule has 1 aliphatic rings. The molecule has 158 valence electrons. The van der Waals surface area contributed by atoms with Gasteiger partial charge in [-0.15, -0.1) is 0 Å². The zero-order valence-corrected chi connectivity index (χ0v) is 18.2. The Balaban J connectivity index is 1.20. The molecule has 1 atom stereocenters. The molecule has 3 aromatic carbocycles. The molecule has 0 fully saturated rings. The summed E-state index contributed by atoms with van der Waals surface area (Å²) >= 11 is 1.51. The van der Waals surface area contributed by atoms with Crippen molar-refractivity contribution < 1.29 is 14.4 Å². The molecule has 5 nitrogen and oxygen atoms in total. The second-order valence-electron chi connectivity index (χ2n) is 7.61. The summed E-state index contributed by atoms with van der Waals surface area (Å²) in [6, 6.07) is 21.2. The lowest BCUT2D eigenvalue weighted by Gasteiger charge is -2.15. The summed E-state index contributed by atoms with van der Waals surface area (Å²) in [6.07, 6.45) is 0.656. The lowest BCUT2D eigenvalue weighted by atomic mass is 10.0. The van der Waals surface area contributed by atoms with E-state index < -0.39 is 0 Å². The van der Waals surface area contributed by atoms with Gasteiger partial charge in [-0.1, -0.05) is 48.5 Å². The monoisotopic (exact) mass is 432 g/mol. The van der Waals surface area contributed by atoms with E-state index in [2.05, 4.69) is 29.6 Å². The van der Waals surface area contributed by atoms with Crippen LogP contribution in [-0.4, -0.2) is 40.7 Å². The normalized spacial score (nSPS) is 14.0. The van der Waals surface area contributed by atoms with E-state index in [0.29, 0.717) is 35.6 Å². The Bertz CT molecular complexity index is 1110. The van der Waals surface area contributed by atoms with Crippen molar-refractivity contribution in [3.05, 3.63) is 83.4 Å². The predicted octanol–water partition coefficient (Wildman–Crippen LogP) is 4.44. The van der Waals surface area contributed by atoms with E-state index in [9.17, 15) is 14.4 Å². The van der Waals surface area contributed by atoms with E-state index in [0.717, 1.165) is 10.9 Å². The third-order valence-corrected chi connectivity index (χ3v) is 6.48. The SMILES string of the molecule is CC(NC(=O)CSCCCN1C(=O)c2ccccc2C1=O)c1ccc2ccccc2c1. The molecular weight excluding hydrogens is 408 g/mol. The molecule has 0 aliphatic carbocycles. The molecule has 0 saturated heterocycles. The van der Waals surface area contributed by atoms with Gasteiger partial charge in [0, 0.05) is 6.54 Å². The fraction of sp³-hybridized carbons (Fsp3) is 0.240. The van der Waals surface area contributed by atoms with Gasteiger partial charge in [-0.05, 0) is 53.6 Å². The highest BCUT2D eigenvalue weighted by molar-refractivity contribution is 7.99. The fourth-order valence-electron chi connectivity index (χ4n) is 3.78. The Morgan fingerprint density at radius 3 is 2.29 bits per heavy atom. The van der Waals surface area contributed by atoms with Gasteiger partial charge in [0.05, 0.1) is 22.9 Å². The van der Waals surface area contributed by atoms with Gasteiger partial charge >= 0.3 is 0 Å². The summed E-state index contributed by atoms with van der Waals surface area (Å²) in [5.74, 6) is 0.567. The number of amides is 3. The van der Waals surface area contributed by atoms with Crippen molar-refractivity contribution >= 4 is 40.3 Å². The maximum atomic E-state index is 12.4. The molecule has 1 heterocycles. The summed E-state index contributed by atoms with van der Waals surface area (Å²) in [5, 5.41) is 5.38. The molecular formula is C25H24N2O3S. The number of nitrogens with one attached hydrogen (secondary N) is 1. The number of rotatable bonds is 8. The molecule has 1 N–H and O–H groups in total. The molecule has 3 amide bonds. The van der Waals surface area contributed by atoms with Crippen molar-refractivity contribution in [3.8, 4) is 0 Å². The minimum Gasteiger partial charge on any atom is -0.349 e. The highest BCUT2D eigenvalue weighted by atomic mass is 32.2. The summed E-state index contributed by atoms with van der Waals surface area (Å²) in [7, 11) is 0. The van der Waals surface area contributed by atoms with E-state index in [1.165, 1.54) is 22.0 Å². The Hall–Kier alpha value is -3.12. The lowest BCUT2D eigenvalue weighted by Crippen LogP contribution is -2.31. The van der Waals surface area contributed by atoms with Crippen molar-refractivity contribution in [1.82, 2.24) is 10.2 Å². The van der Waals surface area contributed by atoms with Crippen LogP contribution >= 0.6 is 11.8 Å². The van der Waals surface area contributed by atoms with Crippen LogP contribution in [0, 0.1) is 0 Å². The highest BCUT2D eigenvalue weighted by Gasteiger charge is 2.34. The van der Waals surface area contributed by atoms with Gasteiger partial charge in [0.15, 0.2) is 0 Å². The van der Waals surface area contributed by atoms with Gasteiger partial charge < -0.3 is 5.32 Å². The Labute approximate surface area is 185 Å². The van der Waals surface area contributed by atoms with E-state index in [-0.39, 0.29) is 23.8 Å². The number of carbonyl (C=O) groups excluding carboxylic acids is 3. The number of carbonyl (C=O) groups is 3. The molecule has 4 rings (SSSR count). The fourth-order valence-corrected chi connectivity index (χ4v) is 4.52. The minimum atomic E-state index is -0.229. The number of thioether (sulfide) groups is 1. The zero-order chi connectivity index (χ0) is 21.8. The lowest BCUT2D eigenvalue weighted by molar-refractivity contribution is -0.119. The molecule has 3 aromatic rings. The zero-order valence-electron chi connectivity index (χ0n) is 17.3. The Morgan fingerprint density at radius 2 is 1.58 bits per heavy atom. The first-order valence-corrected chi connectivity index (χ1v) is 11.5. The Morgan fingerprint density at radius 1 is 0.935 bits per heavy atom. The van der Waals surface area contributed by atoms with Crippen LogP contribution in [0.3, 0.4) is 0 Å². The first-order chi connectivity index (χ1) is 15.0. The van der Waals surface area contributed by atoms with Crippen LogP contribution < -0.4 is 5.32 Å². The molecule has 0 radical (unpaired) electrons. The van der Waals surface area contributed by atoms with Gasteiger partial charge in [-0.25, -0.2) is 0 Å². The van der Waals surface area contributed by atoms with Crippen LogP contribution in [-0.2, 0) is 4.79 Å². The molecule has 31 heavy (non-hydrogen) atoms. The summed E-state index contributed by atoms with van der Waals surface area (Å²) in [5.41, 5.74) is 2.02. The smallest absolute Gasteiger partial charge is 0.261 e. The van der Waals surface area contributed by atoms with Gasteiger partial charge in [-0.3, -0.25) is 19.3 Å². The van der Waals surface area contributed by atoms with Crippen LogP contribution in [0.2, 0.25) is 0 Å². The van der Waals surface area contributed by atoms with Crippen LogP contribution in [0.5, 0.6) is 0 Å². The third kappa shape index (κ3) is 4.64. The van der Waals surface area contributed by atoms with E-state index in [4.69, 9.17) is 0 Å². The first-order valence-electron chi connectivity index (χ1n) is 10.4. The van der Waals surface area contributed by atoms with E-state index in [1.54, 1.807) is 24.3 Å². The number of imide groups is 1. The van der Waals surface area contributed by atoms with Crippen LogP contribution in [0.25, 0.3) is 10.8 Å². The number of hydrogen-bond acceptors (Lipinski definition) is 4. The molecule has 0 saturated carbocycles. The van der Waals surface area contributed by atoms with Crippen LogP contribution in [0.1, 0.15) is 45.7 Å². The molecule has 0 bridgehead atoms. The number of benzene rings is 3. The van der Waals surface area contributed by atoms with Crippen LogP contribution in [0.15, 0.2) is 66.7 Å². The minimum absolute atomic E-state index is 0.0219. The van der Waals surface area contributed by atoms with Crippen LogP contribution in [0.4, 0.5) is 0 Å². The van der Waals surface area contributed by atoms with Crippen molar-refractivity contribution in [2.24, 2.45) is 0 Å². The third-order valence-electron chi connectivity index (χ3n) is 5.43. The number of hydrogen-bond donors (Lipinski definition) is 1. The quantitative estimate of drug-likeness (QED) is 0.422. The maximum Gasteiger partial charge on any atom is 0.261 e. The topological polar surface area (TPSA) is 66.5 Å². The van der Waals surface area contributed by atoms with Gasteiger partial charge in [0.2, 0.25) is 5.91 Å². The van der Waals surface area contributed by atoms with Crippen molar-refractivity contribution in [2.75, 3.05) is 18.1 Å². The average Bonchev–Trinajstić information content (AvgIpc) is 3.03. The molecule has 0 aromatic heterocycles. The standard InChI is InChI=1S/C25H24N2O3S/c1-17(19-12-11-18-7-2-3-8-20(18)15-19)26-23(28)16-31-14-6-13-27-24(29)21-9-4-5-10-22(21)25(27)30/h2-5,7-12,15,17H,6,13-14,16H2,1H3,(H,26,28). The van der Waals surface area contributed by atoms with Crippen molar-refractivity contribution in [2.45, 2.75) is 19.4 Å². The van der Waals surface area contributed by atoms with E-state index >= 15 is 0 Å². The van der Waals surface area contributed by atoms with Crippen molar-refractivity contribution in [1.29, 1.82) is 0 Å². The number of fused-ring (bicyclic) bond motifs is 2. The molecule has 6 heteroatoms. The average molecular weight is 433 g/mol. The van der Waals surface area contributed by atoms with E-state index in [1.807, 2.05) is 25.1 Å². The number of nitrogens with zero attached hydrogens (tertiary/aromatic N) is 1. The summed E-state index contributed by atoms with van der Waals surface area (Å²) in [6.45, 7) is 2.35. The van der Waals surface area contributed by atoms with Gasteiger partial charge in [-0.2, -0.15) is 11.8 Å². The second kappa shape index (κ2) is 9.35. The summed E-state index contributed by atoms with van der Waals surface area (Å²) < 4.78 is 0. The van der Waals surface area contributed by atoms with Gasteiger partial charge in [0.1, 0.15) is 0 Å². The largest absolute Gasteiger partial charge is 0.349 e. The molecule has 1 aliphatic heterocycles. The predicted molar refractivity (Wildman–Crippen MR) is 124 cm³/mol. The molecule has 0 spiro atoms. The Kier molecular flexibility index (Phi) is 6.37. The van der Waals surface area contributed by atoms with Crippen molar-refractivity contribution in [3.63, 3.8) is 0 Å². The first kappa shape index (κ1) is 21.1. The maximum absolute atomic E-state index is 12.4. The van der Waals surface area contributed by atoms with Gasteiger partial charge in [0.25, 0.3) is 11.8 Å². The second-order valence-corrected chi connectivity index (χ2v) is 8.71.